The van der Waals surface area contributed by atoms with Crippen LogP contribution in [0.3, 0.4) is 0 Å². The number of fused-ring (bicyclic) bond motifs is 1. The van der Waals surface area contributed by atoms with E-state index in [1.54, 1.807) is 19.1 Å². The third kappa shape index (κ3) is 2.01. The molecule has 1 aliphatic carbocycles. The van der Waals surface area contributed by atoms with Gasteiger partial charge in [0.2, 0.25) is 0 Å². The Balaban J connectivity index is 2.66. The maximum absolute atomic E-state index is 11.7. The molecule has 1 aromatic rings. The second kappa shape index (κ2) is 3.97. The molecule has 0 saturated heterocycles. The molecule has 0 aromatic heterocycles. The highest BCUT2D eigenvalue weighted by molar-refractivity contribution is 6.23. The molecular weight excluding hydrogens is 220 g/mol. The molecule has 0 spiro atoms. The zero-order valence-electron chi connectivity index (χ0n) is 9.44. The van der Waals surface area contributed by atoms with Crippen LogP contribution >= 0.6 is 0 Å². The molecule has 4 nitrogen and oxygen atoms in total. The van der Waals surface area contributed by atoms with E-state index in [-0.39, 0.29) is 28.4 Å². The lowest BCUT2D eigenvalue weighted by Gasteiger charge is -2.14. The summed E-state index contributed by atoms with van der Waals surface area (Å²) in [4.78, 5) is 34.3. The van der Waals surface area contributed by atoms with Gasteiger partial charge in [0.05, 0.1) is 5.56 Å². The second-order valence-electron chi connectivity index (χ2n) is 3.84. The molecule has 17 heavy (non-hydrogen) atoms. The van der Waals surface area contributed by atoms with Crippen LogP contribution in [-0.2, 0) is 4.79 Å². The van der Waals surface area contributed by atoms with E-state index in [0.717, 1.165) is 5.56 Å². The third-order valence-corrected chi connectivity index (χ3v) is 2.40. The summed E-state index contributed by atoms with van der Waals surface area (Å²) in [6.07, 6.45) is 2.41. The predicted octanol–water partition coefficient (Wildman–Crippen LogP) is 1.86. The van der Waals surface area contributed by atoms with Crippen LogP contribution in [0, 0.1) is 6.92 Å². The van der Waals surface area contributed by atoms with E-state index < -0.39 is 5.97 Å². The number of esters is 1. The fraction of sp³-hybridized carbons (Fsp3) is 0.154. The van der Waals surface area contributed by atoms with Crippen molar-refractivity contribution in [1.29, 1.82) is 0 Å². The quantitative estimate of drug-likeness (QED) is 0.545. The van der Waals surface area contributed by atoms with Crippen molar-refractivity contribution in [3.05, 3.63) is 41.0 Å². The molecule has 4 heteroatoms. The summed E-state index contributed by atoms with van der Waals surface area (Å²) in [5, 5.41) is 0. The molecule has 0 aliphatic heterocycles. The minimum atomic E-state index is -0.521. The maximum Gasteiger partial charge on any atom is 0.308 e. The van der Waals surface area contributed by atoms with Crippen molar-refractivity contribution >= 4 is 17.5 Å². The molecule has 1 aromatic carbocycles. The van der Waals surface area contributed by atoms with Gasteiger partial charge in [-0.15, -0.1) is 0 Å². The molecule has 0 saturated carbocycles. The number of rotatable bonds is 1. The molecule has 0 radical (unpaired) electrons. The van der Waals surface area contributed by atoms with Gasteiger partial charge in [0.25, 0.3) is 0 Å². The molecule has 0 atom stereocenters. The highest BCUT2D eigenvalue weighted by Gasteiger charge is 2.24. The van der Waals surface area contributed by atoms with Crippen molar-refractivity contribution in [1.82, 2.24) is 0 Å². The van der Waals surface area contributed by atoms with Gasteiger partial charge in [-0.05, 0) is 36.8 Å². The fourth-order valence-corrected chi connectivity index (χ4v) is 1.76. The van der Waals surface area contributed by atoms with Crippen LogP contribution in [0.4, 0.5) is 0 Å². The molecular formula is C13H10O4. The Morgan fingerprint density at radius 2 is 1.76 bits per heavy atom. The normalized spacial score (nSPS) is 13.5. The summed E-state index contributed by atoms with van der Waals surface area (Å²) < 4.78 is 4.97. The SMILES string of the molecule is CC(=O)Oc1cc(C)cc2c1C(=O)C=CC2=O. The summed E-state index contributed by atoms with van der Waals surface area (Å²) in [5.74, 6) is -0.949. The number of ether oxygens (including phenoxy) is 1. The summed E-state index contributed by atoms with van der Waals surface area (Å²) in [6.45, 7) is 3.02. The highest BCUT2D eigenvalue weighted by Crippen LogP contribution is 2.28. The van der Waals surface area contributed by atoms with Crippen molar-refractivity contribution in [2.45, 2.75) is 13.8 Å². The topological polar surface area (TPSA) is 60.4 Å². The van der Waals surface area contributed by atoms with E-state index in [0.29, 0.717) is 0 Å². The van der Waals surface area contributed by atoms with Crippen molar-refractivity contribution in [2.75, 3.05) is 0 Å². The molecule has 2 rings (SSSR count). The zero-order chi connectivity index (χ0) is 12.6. The molecule has 0 bridgehead atoms. The average molecular weight is 230 g/mol. The number of aryl methyl sites for hydroxylation is 1. The summed E-state index contributed by atoms with van der Waals surface area (Å²) in [6, 6.07) is 3.19. The number of carbonyl (C=O) groups is 3. The van der Waals surface area contributed by atoms with Gasteiger partial charge < -0.3 is 4.74 Å². The lowest BCUT2D eigenvalue weighted by atomic mass is 9.92. The Morgan fingerprint density at radius 1 is 1.12 bits per heavy atom. The van der Waals surface area contributed by atoms with Crippen LogP contribution in [0.5, 0.6) is 5.75 Å². The van der Waals surface area contributed by atoms with Crippen LogP contribution in [-0.4, -0.2) is 17.5 Å². The Labute approximate surface area is 97.9 Å². The number of allylic oxidation sites excluding steroid dienone is 2. The Hall–Kier alpha value is -2.23. The van der Waals surface area contributed by atoms with Gasteiger partial charge in [-0.25, -0.2) is 0 Å². The van der Waals surface area contributed by atoms with E-state index in [9.17, 15) is 14.4 Å². The number of hydrogen-bond acceptors (Lipinski definition) is 4. The molecule has 86 valence electrons. The first kappa shape index (κ1) is 11.3. The smallest absolute Gasteiger partial charge is 0.308 e. The minimum absolute atomic E-state index is 0.148. The molecule has 0 N–H and O–H groups in total. The van der Waals surface area contributed by atoms with Gasteiger partial charge in [0, 0.05) is 12.5 Å². The molecule has 1 aliphatic rings. The van der Waals surface area contributed by atoms with Gasteiger partial charge in [0.15, 0.2) is 11.6 Å². The van der Waals surface area contributed by atoms with Gasteiger partial charge in [-0.1, -0.05) is 0 Å². The third-order valence-electron chi connectivity index (χ3n) is 2.40. The first-order valence-corrected chi connectivity index (χ1v) is 5.09. The van der Waals surface area contributed by atoms with Crippen LogP contribution in [0.25, 0.3) is 0 Å². The number of carbonyl (C=O) groups excluding carboxylic acids is 3. The number of hydrogen-bond donors (Lipinski definition) is 0. The summed E-state index contributed by atoms with van der Waals surface area (Å²) >= 11 is 0. The highest BCUT2D eigenvalue weighted by atomic mass is 16.5. The van der Waals surface area contributed by atoms with Crippen molar-refractivity contribution in [2.24, 2.45) is 0 Å². The lowest BCUT2D eigenvalue weighted by Crippen LogP contribution is -2.15. The average Bonchev–Trinajstić information content (AvgIpc) is 2.22. The van der Waals surface area contributed by atoms with E-state index >= 15 is 0 Å². The van der Waals surface area contributed by atoms with Crippen LogP contribution in [0.1, 0.15) is 33.2 Å². The van der Waals surface area contributed by atoms with Crippen molar-refractivity contribution < 1.29 is 19.1 Å². The number of benzene rings is 1. The molecule has 0 unspecified atom stereocenters. The van der Waals surface area contributed by atoms with Crippen molar-refractivity contribution in [3.8, 4) is 5.75 Å². The van der Waals surface area contributed by atoms with Gasteiger partial charge in [0.1, 0.15) is 5.75 Å². The first-order chi connectivity index (χ1) is 7.99. The monoisotopic (exact) mass is 230 g/mol. The zero-order valence-corrected chi connectivity index (χ0v) is 9.44. The lowest BCUT2D eigenvalue weighted by molar-refractivity contribution is -0.131. The largest absolute Gasteiger partial charge is 0.426 e. The fourth-order valence-electron chi connectivity index (χ4n) is 1.76. The Bertz CT molecular complexity index is 567. The van der Waals surface area contributed by atoms with Gasteiger partial charge in [-0.2, -0.15) is 0 Å². The number of ketones is 2. The van der Waals surface area contributed by atoms with E-state index in [4.69, 9.17) is 4.74 Å². The molecule has 0 fully saturated rings. The summed E-state index contributed by atoms with van der Waals surface area (Å²) in [7, 11) is 0. The van der Waals surface area contributed by atoms with Gasteiger partial charge in [-0.3, -0.25) is 14.4 Å². The van der Waals surface area contributed by atoms with Crippen molar-refractivity contribution in [3.63, 3.8) is 0 Å². The van der Waals surface area contributed by atoms with E-state index in [1.165, 1.54) is 19.1 Å². The Kier molecular flexibility index (Phi) is 2.63. The second-order valence-corrected chi connectivity index (χ2v) is 3.84. The van der Waals surface area contributed by atoms with Crippen LogP contribution in [0.15, 0.2) is 24.3 Å². The summed E-state index contributed by atoms with van der Waals surface area (Å²) in [5.41, 5.74) is 1.21. The Morgan fingerprint density at radius 3 is 2.41 bits per heavy atom. The van der Waals surface area contributed by atoms with Gasteiger partial charge >= 0.3 is 5.97 Å². The first-order valence-electron chi connectivity index (χ1n) is 5.09. The van der Waals surface area contributed by atoms with E-state index in [1.807, 2.05) is 0 Å². The maximum atomic E-state index is 11.7. The standard InChI is InChI=1S/C13H10O4/c1-7-5-9-10(15)3-4-11(16)13(9)12(6-7)17-8(2)14/h3-6H,1-2H3. The van der Waals surface area contributed by atoms with Crippen LogP contribution in [0.2, 0.25) is 0 Å². The minimum Gasteiger partial charge on any atom is -0.426 e. The molecule has 0 amide bonds. The molecule has 0 heterocycles. The van der Waals surface area contributed by atoms with Crippen LogP contribution < -0.4 is 4.74 Å². The van der Waals surface area contributed by atoms with E-state index in [2.05, 4.69) is 0 Å². The predicted molar refractivity (Wildman–Crippen MR) is 60.3 cm³/mol.